The number of aliphatic carboxylic acids is 1. The van der Waals surface area contributed by atoms with E-state index in [1.54, 1.807) is 18.9 Å². The molecule has 0 aromatic carbocycles. The molecule has 0 aliphatic heterocycles. The number of ether oxygens (including phenoxy) is 1. The predicted molar refractivity (Wildman–Crippen MR) is 68.3 cm³/mol. The molecule has 0 heterocycles. The Morgan fingerprint density at radius 1 is 1.41 bits per heavy atom. The van der Waals surface area contributed by atoms with E-state index in [4.69, 9.17) is 9.84 Å². The number of methoxy groups -OCH3 is 1. The van der Waals surface area contributed by atoms with Crippen molar-refractivity contribution in [2.75, 3.05) is 19.5 Å². The SMILES string of the molecule is COCCC(C)SCCC(NC(C)=O)C(=O)O. The first-order valence-electron chi connectivity index (χ1n) is 5.57. The zero-order chi connectivity index (χ0) is 13.3. The third-order valence-corrected chi connectivity index (χ3v) is 3.49. The van der Waals surface area contributed by atoms with Gasteiger partial charge in [0.1, 0.15) is 6.04 Å². The zero-order valence-electron chi connectivity index (χ0n) is 10.6. The number of carboxylic acid groups (broad SMARTS) is 1. The molecule has 0 aromatic heterocycles. The van der Waals surface area contributed by atoms with Crippen LogP contribution < -0.4 is 5.32 Å². The number of hydrogen-bond donors (Lipinski definition) is 2. The molecule has 100 valence electrons. The number of nitrogens with one attached hydrogen (secondary N) is 1. The van der Waals surface area contributed by atoms with Crippen molar-refractivity contribution in [2.45, 2.75) is 38.0 Å². The summed E-state index contributed by atoms with van der Waals surface area (Å²) in [5.41, 5.74) is 0. The van der Waals surface area contributed by atoms with Crippen molar-refractivity contribution in [1.29, 1.82) is 0 Å². The molecule has 1 amide bonds. The normalized spacial score (nSPS) is 14.1. The highest BCUT2D eigenvalue weighted by atomic mass is 32.2. The molecule has 17 heavy (non-hydrogen) atoms. The lowest BCUT2D eigenvalue weighted by molar-refractivity contribution is -0.141. The molecule has 0 saturated heterocycles. The van der Waals surface area contributed by atoms with E-state index in [0.29, 0.717) is 24.0 Å². The summed E-state index contributed by atoms with van der Waals surface area (Å²) in [7, 11) is 1.66. The van der Waals surface area contributed by atoms with E-state index >= 15 is 0 Å². The van der Waals surface area contributed by atoms with E-state index < -0.39 is 12.0 Å². The van der Waals surface area contributed by atoms with Gasteiger partial charge >= 0.3 is 5.97 Å². The first-order valence-corrected chi connectivity index (χ1v) is 6.62. The van der Waals surface area contributed by atoms with Gasteiger partial charge in [-0.15, -0.1) is 0 Å². The Balaban J connectivity index is 3.81. The molecule has 0 fully saturated rings. The van der Waals surface area contributed by atoms with Gasteiger partial charge in [0.15, 0.2) is 0 Å². The van der Waals surface area contributed by atoms with Gasteiger partial charge in [-0.3, -0.25) is 4.79 Å². The number of thioether (sulfide) groups is 1. The van der Waals surface area contributed by atoms with Crippen molar-refractivity contribution >= 4 is 23.6 Å². The summed E-state index contributed by atoms with van der Waals surface area (Å²) in [5.74, 6) is -0.581. The standard InChI is InChI=1S/C11H21NO4S/c1-8(4-6-16-3)17-7-5-10(11(14)15)12-9(2)13/h8,10H,4-7H2,1-3H3,(H,12,13)(H,14,15). The van der Waals surface area contributed by atoms with E-state index in [9.17, 15) is 9.59 Å². The molecular weight excluding hydrogens is 242 g/mol. The highest BCUT2D eigenvalue weighted by Crippen LogP contribution is 2.15. The second-order valence-electron chi connectivity index (χ2n) is 3.84. The monoisotopic (exact) mass is 263 g/mol. The molecule has 0 aliphatic carbocycles. The van der Waals surface area contributed by atoms with Gasteiger partial charge in [0.05, 0.1) is 0 Å². The van der Waals surface area contributed by atoms with E-state index in [1.165, 1.54) is 6.92 Å². The second kappa shape index (κ2) is 9.30. The lowest BCUT2D eigenvalue weighted by Gasteiger charge is -2.15. The highest BCUT2D eigenvalue weighted by molar-refractivity contribution is 7.99. The maximum Gasteiger partial charge on any atom is 0.326 e. The van der Waals surface area contributed by atoms with Crippen molar-refractivity contribution in [3.05, 3.63) is 0 Å². The second-order valence-corrected chi connectivity index (χ2v) is 5.39. The lowest BCUT2D eigenvalue weighted by atomic mass is 10.2. The largest absolute Gasteiger partial charge is 0.480 e. The summed E-state index contributed by atoms with van der Waals surface area (Å²) in [6, 6.07) is -0.783. The highest BCUT2D eigenvalue weighted by Gasteiger charge is 2.18. The molecule has 5 nitrogen and oxygen atoms in total. The van der Waals surface area contributed by atoms with Crippen LogP contribution in [-0.4, -0.2) is 47.7 Å². The fourth-order valence-corrected chi connectivity index (χ4v) is 2.29. The van der Waals surface area contributed by atoms with Crippen LogP contribution in [0, 0.1) is 0 Å². The predicted octanol–water partition coefficient (Wildman–Crippen LogP) is 1.12. The van der Waals surface area contributed by atoms with Crippen molar-refractivity contribution in [3.63, 3.8) is 0 Å². The Morgan fingerprint density at radius 3 is 2.53 bits per heavy atom. The molecule has 6 heteroatoms. The topological polar surface area (TPSA) is 75.6 Å². The first kappa shape index (κ1) is 16.2. The van der Waals surface area contributed by atoms with Crippen molar-refractivity contribution in [3.8, 4) is 0 Å². The molecule has 0 bridgehead atoms. The number of rotatable bonds is 9. The summed E-state index contributed by atoms with van der Waals surface area (Å²) in [6.07, 6.45) is 1.38. The van der Waals surface area contributed by atoms with Crippen LogP contribution in [0.25, 0.3) is 0 Å². The Bertz CT molecular complexity index is 248. The molecule has 0 saturated carbocycles. The van der Waals surface area contributed by atoms with Crippen LogP contribution in [0.3, 0.4) is 0 Å². The number of carbonyl (C=O) groups is 2. The molecule has 0 spiro atoms. The Morgan fingerprint density at radius 2 is 2.06 bits per heavy atom. The van der Waals surface area contributed by atoms with E-state index in [1.807, 2.05) is 0 Å². The van der Waals surface area contributed by atoms with Gasteiger partial charge in [0, 0.05) is 25.9 Å². The minimum Gasteiger partial charge on any atom is -0.480 e. The molecule has 0 radical (unpaired) electrons. The van der Waals surface area contributed by atoms with Gasteiger partial charge in [0.25, 0.3) is 0 Å². The Hall–Kier alpha value is -0.750. The van der Waals surface area contributed by atoms with Crippen LogP contribution in [0.4, 0.5) is 0 Å². The van der Waals surface area contributed by atoms with Crippen LogP contribution in [0.2, 0.25) is 0 Å². The Labute approximate surface area is 106 Å². The third kappa shape index (κ3) is 9.00. The summed E-state index contributed by atoms with van der Waals surface area (Å²) in [6.45, 7) is 4.12. The van der Waals surface area contributed by atoms with Gasteiger partial charge in [0.2, 0.25) is 5.91 Å². The minimum absolute atomic E-state index is 0.310. The number of amides is 1. The van der Waals surface area contributed by atoms with Gasteiger partial charge < -0.3 is 15.2 Å². The zero-order valence-corrected chi connectivity index (χ0v) is 11.4. The van der Waals surface area contributed by atoms with Gasteiger partial charge in [-0.2, -0.15) is 11.8 Å². The molecule has 0 rings (SSSR count). The van der Waals surface area contributed by atoms with Crippen LogP contribution in [0.15, 0.2) is 0 Å². The lowest BCUT2D eigenvalue weighted by Crippen LogP contribution is -2.40. The van der Waals surface area contributed by atoms with Gasteiger partial charge in [-0.05, 0) is 18.6 Å². The number of hydrogen-bond acceptors (Lipinski definition) is 4. The fourth-order valence-electron chi connectivity index (χ4n) is 1.26. The van der Waals surface area contributed by atoms with Crippen LogP contribution >= 0.6 is 11.8 Å². The van der Waals surface area contributed by atoms with E-state index in [2.05, 4.69) is 12.2 Å². The summed E-state index contributed by atoms with van der Waals surface area (Å²) in [5, 5.41) is 11.7. The smallest absolute Gasteiger partial charge is 0.326 e. The summed E-state index contributed by atoms with van der Waals surface area (Å²) >= 11 is 1.69. The van der Waals surface area contributed by atoms with Crippen LogP contribution in [-0.2, 0) is 14.3 Å². The van der Waals surface area contributed by atoms with E-state index in [0.717, 1.165) is 6.42 Å². The first-order chi connectivity index (χ1) is 7.97. The molecule has 2 N–H and O–H groups in total. The summed E-state index contributed by atoms with van der Waals surface area (Å²) < 4.78 is 4.97. The molecule has 2 unspecified atom stereocenters. The third-order valence-electron chi connectivity index (χ3n) is 2.21. The average Bonchev–Trinajstić information content (AvgIpc) is 2.24. The van der Waals surface area contributed by atoms with Crippen molar-refractivity contribution in [1.82, 2.24) is 5.32 Å². The fraction of sp³-hybridized carbons (Fsp3) is 0.818. The minimum atomic E-state index is -0.981. The van der Waals surface area contributed by atoms with E-state index in [-0.39, 0.29) is 5.91 Å². The van der Waals surface area contributed by atoms with Crippen molar-refractivity contribution in [2.24, 2.45) is 0 Å². The number of carbonyl (C=O) groups excluding carboxylic acids is 1. The van der Waals surface area contributed by atoms with Crippen molar-refractivity contribution < 1.29 is 19.4 Å². The molecule has 0 aromatic rings. The molecule has 0 aliphatic rings. The van der Waals surface area contributed by atoms with Gasteiger partial charge in [-0.1, -0.05) is 6.92 Å². The van der Waals surface area contributed by atoms with Gasteiger partial charge in [-0.25, -0.2) is 4.79 Å². The molecular formula is C11H21NO4S. The maximum atomic E-state index is 10.8. The summed E-state index contributed by atoms with van der Waals surface area (Å²) in [4.78, 5) is 21.6. The van der Waals surface area contributed by atoms with Crippen LogP contribution in [0.5, 0.6) is 0 Å². The average molecular weight is 263 g/mol. The molecule has 2 atom stereocenters. The number of carboxylic acids is 1. The quantitative estimate of drug-likeness (QED) is 0.652. The maximum absolute atomic E-state index is 10.8. The Kier molecular flexibility index (Phi) is 8.89. The van der Waals surface area contributed by atoms with Crippen LogP contribution in [0.1, 0.15) is 26.7 Å².